The molecule has 3 aromatic rings. The number of aromatic carboxylic acids is 2. The third kappa shape index (κ3) is 4.34. The number of thiocarbonyl (C=S) groups is 1. The SMILES string of the molecule is Cc1cc(/C=C2\C(=O)NC(=S)N(c3ccc(C(=O)O)cc3)C2=O)c(C)n1-c1ccc(C(=O)O)cc1. The third-order valence-corrected chi connectivity index (χ3v) is 5.90. The van der Waals surface area contributed by atoms with Gasteiger partial charge in [-0.15, -0.1) is 0 Å². The van der Waals surface area contributed by atoms with Gasteiger partial charge in [-0.1, -0.05) is 0 Å². The van der Waals surface area contributed by atoms with Crippen molar-refractivity contribution in [1.82, 2.24) is 9.88 Å². The molecule has 0 atom stereocenters. The largest absolute Gasteiger partial charge is 0.478 e. The zero-order valence-electron chi connectivity index (χ0n) is 18.6. The van der Waals surface area contributed by atoms with Crippen molar-refractivity contribution in [1.29, 1.82) is 0 Å². The number of nitrogens with zero attached hydrogens (tertiary/aromatic N) is 2. The van der Waals surface area contributed by atoms with Crippen LogP contribution in [0.15, 0.2) is 60.2 Å². The fourth-order valence-corrected chi connectivity index (χ4v) is 4.17. The fourth-order valence-electron chi connectivity index (χ4n) is 3.88. The van der Waals surface area contributed by atoms with Gasteiger partial charge in [-0.3, -0.25) is 19.8 Å². The van der Waals surface area contributed by atoms with E-state index in [1.54, 1.807) is 12.1 Å². The van der Waals surface area contributed by atoms with Crippen molar-refractivity contribution in [2.24, 2.45) is 0 Å². The summed E-state index contributed by atoms with van der Waals surface area (Å²) in [5.74, 6) is -3.41. The molecule has 1 aliphatic heterocycles. The lowest BCUT2D eigenvalue weighted by atomic mass is 10.1. The lowest BCUT2D eigenvalue weighted by molar-refractivity contribution is -0.122. The Bertz CT molecular complexity index is 1440. The van der Waals surface area contributed by atoms with Gasteiger partial charge in [-0.2, -0.15) is 0 Å². The van der Waals surface area contributed by atoms with Crippen LogP contribution in [0.1, 0.15) is 37.7 Å². The summed E-state index contributed by atoms with van der Waals surface area (Å²) in [6, 6.07) is 13.7. The zero-order chi connectivity index (χ0) is 25.4. The molecule has 3 N–H and O–H groups in total. The van der Waals surface area contributed by atoms with E-state index in [1.807, 2.05) is 24.5 Å². The van der Waals surface area contributed by atoms with Gasteiger partial charge in [0.2, 0.25) is 0 Å². The lowest BCUT2D eigenvalue weighted by Crippen LogP contribution is -2.54. The summed E-state index contributed by atoms with van der Waals surface area (Å²) in [6.07, 6.45) is 1.47. The molecule has 0 saturated carbocycles. The first-order valence-corrected chi connectivity index (χ1v) is 10.8. The van der Waals surface area contributed by atoms with Crippen molar-refractivity contribution in [2.45, 2.75) is 13.8 Å². The van der Waals surface area contributed by atoms with Gasteiger partial charge >= 0.3 is 11.9 Å². The molecule has 0 unspecified atom stereocenters. The Morgan fingerprint density at radius 1 is 0.886 bits per heavy atom. The van der Waals surface area contributed by atoms with Crippen LogP contribution in [-0.4, -0.2) is 43.6 Å². The highest BCUT2D eigenvalue weighted by molar-refractivity contribution is 7.80. The van der Waals surface area contributed by atoms with Crippen LogP contribution in [0.3, 0.4) is 0 Å². The Morgan fingerprint density at radius 3 is 1.91 bits per heavy atom. The summed E-state index contributed by atoms with van der Waals surface area (Å²) in [6.45, 7) is 3.68. The molecule has 9 nitrogen and oxygen atoms in total. The smallest absolute Gasteiger partial charge is 0.335 e. The van der Waals surface area contributed by atoms with E-state index < -0.39 is 23.8 Å². The van der Waals surface area contributed by atoms with E-state index in [0.29, 0.717) is 11.3 Å². The Morgan fingerprint density at radius 2 is 1.40 bits per heavy atom. The number of benzene rings is 2. The van der Waals surface area contributed by atoms with E-state index in [9.17, 15) is 19.2 Å². The maximum Gasteiger partial charge on any atom is 0.335 e. The van der Waals surface area contributed by atoms with Crippen LogP contribution in [0.5, 0.6) is 0 Å². The van der Waals surface area contributed by atoms with Gasteiger partial charge in [0, 0.05) is 17.1 Å². The molecule has 1 aliphatic rings. The van der Waals surface area contributed by atoms with Gasteiger partial charge in [-0.05, 0) is 92.3 Å². The normalized spacial score (nSPS) is 14.9. The molecule has 1 aromatic heterocycles. The van der Waals surface area contributed by atoms with E-state index in [0.717, 1.165) is 22.0 Å². The summed E-state index contributed by atoms with van der Waals surface area (Å²) in [5.41, 5.74) is 3.31. The summed E-state index contributed by atoms with van der Waals surface area (Å²) in [5, 5.41) is 20.6. The van der Waals surface area contributed by atoms with Crippen molar-refractivity contribution in [2.75, 3.05) is 4.90 Å². The van der Waals surface area contributed by atoms with Crippen LogP contribution < -0.4 is 10.2 Å². The zero-order valence-corrected chi connectivity index (χ0v) is 19.4. The van der Waals surface area contributed by atoms with E-state index >= 15 is 0 Å². The van der Waals surface area contributed by atoms with Gasteiger partial charge in [0.1, 0.15) is 5.57 Å². The second-order valence-electron chi connectivity index (χ2n) is 7.82. The fraction of sp³-hybridized carbons (Fsp3) is 0.0800. The molecule has 1 fully saturated rings. The van der Waals surface area contributed by atoms with Crippen molar-refractivity contribution in [3.8, 4) is 5.69 Å². The molecule has 0 aliphatic carbocycles. The molecular weight excluding hydrogens is 470 g/mol. The first-order chi connectivity index (χ1) is 16.6. The molecule has 2 amide bonds. The molecule has 35 heavy (non-hydrogen) atoms. The maximum absolute atomic E-state index is 13.3. The van der Waals surface area contributed by atoms with Crippen LogP contribution in [0, 0.1) is 13.8 Å². The van der Waals surface area contributed by atoms with Crippen LogP contribution in [-0.2, 0) is 9.59 Å². The second kappa shape index (κ2) is 8.99. The summed E-state index contributed by atoms with van der Waals surface area (Å²) < 4.78 is 1.89. The third-order valence-electron chi connectivity index (χ3n) is 5.62. The standard InChI is InChI=1S/C25H19N3O6S/c1-13-11-17(14(2)27(13)18-7-3-15(4-8-18)23(31)32)12-20-21(29)26-25(35)28(22(20)30)19-9-5-16(6-10-19)24(33)34/h3-12H,1-2H3,(H,31,32)(H,33,34)(H,26,29,35)/b20-12+. The minimum absolute atomic E-state index is 0.0488. The van der Waals surface area contributed by atoms with Gasteiger partial charge < -0.3 is 14.8 Å². The number of aromatic nitrogens is 1. The number of amides is 2. The van der Waals surface area contributed by atoms with Gasteiger partial charge in [0.05, 0.1) is 16.8 Å². The highest BCUT2D eigenvalue weighted by Gasteiger charge is 2.34. The molecule has 0 spiro atoms. The molecule has 2 aromatic carbocycles. The number of hydrogen-bond donors (Lipinski definition) is 3. The average Bonchev–Trinajstić information content (AvgIpc) is 3.09. The molecular formula is C25H19N3O6S. The van der Waals surface area contributed by atoms with Gasteiger partial charge in [0.25, 0.3) is 11.8 Å². The van der Waals surface area contributed by atoms with Crippen molar-refractivity contribution < 1.29 is 29.4 Å². The van der Waals surface area contributed by atoms with E-state index in [2.05, 4.69) is 5.32 Å². The average molecular weight is 490 g/mol. The number of rotatable bonds is 5. The van der Waals surface area contributed by atoms with Crippen LogP contribution in [0.25, 0.3) is 11.8 Å². The first-order valence-electron chi connectivity index (χ1n) is 10.4. The Labute approximate surface area is 204 Å². The number of carboxylic acid groups (broad SMARTS) is 2. The van der Waals surface area contributed by atoms with Crippen molar-refractivity contribution in [3.63, 3.8) is 0 Å². The molecule has 0 radical (unpaired) electrons. The Balaban J connectivity index is 1.71. The van der Waals surface area contributed by atoms with Crippen molar-refractivity contribution in [3.05, 3.63) is 88.2 Å². The predicted octanol–water partition coefficient (Wildman–Crippen LogP) is 3.32. The quantitative estimate of drug-likeness (QED) is 0.285. The molecule has 1 saturated heterocycles. The number of carbonyl (C=O) groups is 4. The monoisotopic (exact) mass is 489 g/mol. The molecule has 176 valence electrons. The number of carboxylic acids is 2. The Kier molecular flexibility index (Phi) is 6.06. The first kappa shape index (κ1) is 23.6. The number of nitrogens with one attached hydrogen (secondary N) is 1. The van der Waals surface area contributed by atoms with E-state index in [1.165, 1.54) is 42.5 Å². The van der Waals surface area contributed by atoms with Gasteiger partial charge in [0.15, 0.2) is 5.11 Å². The number of carbonyl (C=O) groups excluding carboxylic acids is 2. The van der Waals surface area contributed by atoms with E-state index in [4.69, 9.17) is 22.4 Å². The minimum atomic E-state index is -1.11. The molecule has 0 bridgehead atoms. The minimum Gasteiger partial charge on any atom is -0.478 e. The predicted molar refractivity (Wildman–Crippen MR) is 132 cm³/mol. The number of hydrogen-bond acceptors (Lipinski definition) is 5. The maximum atomic E-state index is 13.3. The van der Waals surface area contributed by atoms with Crippen molar-refractivity contribution >= 4 is 52.8 Å². The van der Waals surface area contributed by atoms with Crippen LogP contribution in [0.2, 0.25) is 0 Å². The molecule has 4 rings (SSSR count). The summed E-state index contributed by atoms with van der Waals surface area (Å²) in [4.78, 5) is 49.3. The highest BCUT2D eigenvalue weighted by atomic mass is 32.1. The number of aryl methyl sites for hydroxylation is 1. The molecule has 2 heterocycles. The highest BCUT2D eigenvalue weighted by Crippen LogP contribution is 2.26. The summed E-state index contributed by atoms with van der Waals surface area (Å²) in [7, 11) is 0. The Hall–Kier alpha value is -4.57. The van der Waals surface area contributed by atoms with Crippen LogP contribution >= 0.6 is 12.2 Å². The topological polar surface area (TPSA) is 129 Å². The summed E-state index contributed by atoms with van der Waals surface area (Å²) >= 11 is 5.19. The van der Waals surface area contributed by atoms with Crippen LogP contribution in [0.4, 0.5) is 5.69 Å². The second-order valence-corrected chi connectivity index (χ2v) is 8.21. The molecule has 10 heteroatoms. The number of anilines is 1. The van der Waals surface area contributed by atoms with Gasteiger partial charge in [-0.25, -0.2) is 9.59 Å². The lowest BCUT2D eigenvalue weighted by Gasteiger charge is -2.29. The van der Waals surface area contributed by atoms with E-state index in [-0.39, 0.29) is 21.8 Å².